The zero-order valence-electron chi connectivity index (χ0n) is 13.3. The van der Waals surface area contributed by atoms with E-state index in [9.17, 15) is 0 Å². The third kappa shape index (κ3) is 3.75. The first kappa shape index (κ1) is 16.3. The summed E-state index contributed by atoms with van der Waals surface area (Å²) in [6.07, 6.45) is 1.14. The Morgan fingerprint density at radius 1 is 1.00 bits per heavy atom. The van der Waals surface area contributed by atoms with Crippen molar-refractivity contribution in [1.29, 1.82) is 0 Å². The highest BCUT2D eigenvalue weighted by Crippen LogP contribution is 2.30. The second-order valence-electron chi connectivity index (χ2n) is 5.71. The SMILES string of the molecule is CCCNC(c1cc(C)c(Br)c(C)c1)c1ccccc1C. The molecule has 0 fully saturated rings. The summed E-state index contributed by atoms with van der Waals surface area (Å²) in [6.45, 7) is 9.74. The molecule has 0 saturated heterocycles. The smallest absolute Gasteiger partial charge is 0.0579 e. The van der Waals surface area contributed by atoms with Gasteiger partial charge in [-0.25, -0.2) is 0 Å². The molecule has 0 aromatic heterocycles. The Balaban J connectivity index is 2.48. The molecule has 1 atom stereocenters. The lowest BCUT2D eigenvalue weighted by Gasteiger charge is -2.23. The van der Waals surface area contributed by atoms with Crippen LogP contribution in [-0.2, 0) is 0 Å². The van der Waals surface area contributed by atoms with E-state index in [-0.39, 0.29) is 6.04 Å². The van der Waals surface area contributed by atoms with E-state index in [1.165, 1.54) is 32.3 Å². The predicted octanol–water partition coefficient (Wildman–Crippen LogP) is 5.46. The molecule has 21 heavy (non-hydrogen) atoms. The molecule has 0 saturated carbocycles. The minimum Gasteiger partial charge on any atom is -0.306 e. The van der Waals surface area contributed by atoms with Gasteiger partial charge in [-0.2, -0.15) is 0 Å². The van der Waals surface area contributed by atoms with Gasteiger partial charge in [-0.05, 0) is 61.6 Å². The largest absolute Gasteiger partial charge is 0.306 e. The van der Waals surface area contributed by atoms with Gasteiger partial charge in [0.05, 0.1) is 6.04 Å². The van der Waals surface area contributed by atoms with Gasteiger partial charge in [0.2, 0.25) is 0 Å². The van der Waals surface area contributed by atoms with Gasteiger partial charge in [0.25, 0.3) is 0 Å². The molecule has 2 rings (SSSR count). The Kier molecular flexibility index (Phi) is 5.60. The second kappa shape index (κ2) is 7.24. The Morgan fingerprint density at radius 3 is 2.19 bits per heavy atom. The van der Waals surface area contributed by atoms with Crippen molar-refractivity contribution in [2.24, 2.45) is 0 Å². The lowest BCUT2D eigenvalue weighted by Crippen LogP contribution is -2.24. The van der Waals surface area contributed by atoms with E-state index in [0.717, 1.165) is 13.0 Å². The second-order valence-corrected chi connectivity index (χ2v) is 6.51. The van der Waals surface area contributed by atoms with E-state index >= 15 is 0 Å². The van der Waals surface area contributed by atoms with Crippen LogP contribution in [0.25, 0.3) is 0 Å². The Labute approximate surface area is 136 Å². The lowest BCUT2D eigenvalue weighted by molar-refractivity contribution is 0.595. The van der Waals surface area contributed by atoms with Crippen LogP contribution < -0.4 is 5.32 Å². The zero-order chi connectivity index (χ0) is 15.4. The summed E-state index contributed by atoms with van der Waals surface area (Å²) >= 11 is 3.67. The van der Waals surface area contributed by atoms with Crippen molar-refractivity contribution in [1.82, 2.24) is 5.32 Å². The molecule has 2 heteroatoms. The summed E-state index contributed by atoms with van der Waals surface area (Å²) < 4.78 is 1.21. The van der Waals surface area contributed by atoms with Crippen molar-refractivity contribution in [2.75, 3.05) is 6.54 Å². The molecular formula is C19H24BrN. The van der Waals surface area contributed by atoms with Crippen molar-refractivity contribution in [3.05, 3.63) is 68.7 Å². The van der Waals surface area contributed by atoms with Crippen molar-refractivity contribution < 1.29 is 0 Å². The zero-order valence-corrected chi connectivity index (χ0v) is 14.9. The van der Waals surface area contributed by atoms with Gasteiger partial charge in [0.15, 0.2) is 0 Å². The van der Waals surface area contributed by atoms with Crippen LogP contribution in [0.15, 0.2) is 40.9 Å². The first-order chi connectivity index (χ1) is 10.0. The Bertz CT molecular complexity index is 596. The average molecular weight is 346 g/mol. The molecule has 0 spiro atoms. The van der Waals surface area contributed by atoms with Crippen LogP contribution in [0.3, 0.4) is 0 Å². The van der Waals surface area contributed by atoms with Crippen LogP contribution in [0, 0.1) is 20.8 Å². The molecule has 0 aliphatic heterocycles. The van der Waals surface area contributed by atoms with Gasteiger partial charge >= 0.3 is 0 Å². The molecule has 2 aromatic rings. The maximum atomic E-state index is 3.70. The molecule has 0 aliphatic rings. The fourth-order valence-corrected chi connectivity index (χ4v) is 2.98. The van der Waals surface area contributed by atoms with Crippen molar-refractivity contribution in [3.63, 3.8) is 0 Å². The molecule has 2 aromatic carbocycles. The van der Waals surface area contributed by atoms with E-state index in [4.69, 9.17) is 0 Å². The maximum absolute atomic E-state index is 3.70. The molecule has 112 valence electrons. The highest BCUT2D eigenvalue weighted by Gasteiger charge is 2.16. The average Bonchev–Trinajstić information content (AvgIpc) is 2.46. The third-order valence-electron chi connectivity index (χ3n) is 3.89. The van der Waals surface area contributed by atoms with E-state index in [1.54, 1.807) is 0 Å². The quantitative estimate of drug-likeness (QED) is 0.758. The molecule has 0 heterocycles. The Morgan fingerprint density at radius 2 is 1.62 bits per heavy atom. The number of nitrogens with one attached hydrogen (secondary N) is 1. The normalized spacial score (nSPS) is 12.4. The van der Waals surface area contributed by atoms with E-state index in [0.29, 0.717) is 0 Å². The molecule has 1 nitrogen and oxygen atoms in total. The summed E-state index contributed by atoms with van der Waals surface area (Å²) in [4.78, 5) is 0. The van der Waals surface area contributed by atoms with E-state index in [1.807, 2.05) is 0 Å². The van der Waals surface area contributed by atoms with Crippen LogP contribution in [0.5, 0.6) is 0 Å². The monoisotopic (exact) mass is 345 g/mol. The number of aryl methyl sites for hydroxylation is 3. The fourth-order valence-electron chi connectivity index (χ4n) is 2.75. The third-order valence-corrected chi connectivity index (χ3v) is 5.14. The first-order valence-corrected chi connectivity index (χ1v) is 8.39. The van der Waals surface area contributed by atoms with Crippen LogP contribution in [-0.4, -0.2) is 6.54 Å². The van der Waals surface area contributed by atoms with Gasteiger partial charge in [-0.15, -0.1) is 0 Å². The van der Waals surface area contributed by atoms with Gasteiger partial charge in [0, 0.05) is 4.47 Å². The number of hydrogen-bond acceptors (Lipinski definition) is 1. The number of hydrogen-bond donors (Lipinski definition) is 1. The standard InChI is InChI=1S/C19H24BrN/c1-5-10-21-19(17-9-7-6-8-13(17)2)16-11-14(3)18(20)15(4)12-16/h6-9,11-12,19,21H,5,10H2,1-4H3. The summed E-state index contributed by atoms with van der Waals surface area (Å²) in [7, 11) is 0. The Hall–Kier alpha value is -1.12. The maximum Gasteiger partial charge on any atom is 0.0579 e. The fraction of sp³-hybridized carbons (Fsp3) is 0.368. The summed E-state index contributed by atoms with van der Waals surface area (Å²) in [5.41, 5.74) is 6.64. The number of halogens is 1. The van der Waals surface area contributed by atoms with Gasteiger partial charge in [-0.1, -0.05) is 59.3 Å². The molecular weight excluding hydrogens is 322 g/mol. The minimum atomic E-state index is 0.261. The summed E-state index contributed by atoms with van der Waals surface area (Å²) in [5, 5.41) is 3.70. The predicted molar refractivity (Wildman–Crippen MR) is 94.9 cm³/mol. The van der Waals surface area contributed by atoms with E-state index < -0.39 is 0 Å². The lowest BCUT2D eigenvalue weighted by atomic mass is 9.93. The number of rotatable bonds is 5. The van der Waals surface area contributed by atoms with Crippen molar-refractivity contribution in [2.45, 2.75) is 40.2 Å². The van der Waals surface area contributed by atoms with Gasteiger partial charge in [-0.3, -0.25) is 0 Å². The first-order valence-electron chi connectivity index (χ1n) is 7.60. The van der Waals surface area contributed by atoms with Crippen LogP contribution in [0.2, 0.25) is 0 Å². The summed E-state index contributed by atoms with van der Waals surface area (Å²) in [5.74, 6) is 0. The highest BCUT2D eigenvalue weighted by molar-refractivity contribution is 9.10. The van der Waals surface area contributed by atoms with Crippen molar-refractivity contribution >= 4 is 15.9 Å². The van der Waals surface area contributed by atoms with Crippen LogP contribution in [0.4, 0.5) is 0 Å². The van der Waals surface area contributed by atoms with Crippen LogP contribution >= 0.6 is 15.9 Å². The molecule has 0 radical (unpaired) electrons. The molecule has 0 amide bonds. The van der Waals surface area contributed by atoms with E-state index in [2.05, 4.69) is 85.3 Å². The highest BCUT2D eigenvalue weighted by atomic mass is 79.9. The minimum absolute atomic E-state index is 0.261. The summed E-state index contributed by atoms with van der Waals surface area (Å²) in [6, 6.07) is 13.5. The molecule has 1 unspecified atom stereocenters. The van der Waals surface area contributed by atoms with Gasteiger partial charge < -0.3 is 5.32 Å². The molecule has 0 bridgehead atoms. The van der Waals surface area contributed by atoms with Crippen molar-refractivity contribution in [3.8, 4) is 0 Å². The number of benzene rings is 2. The topological polar surface area (TPSA) is 12.0 Å². The molecule has 0 aliphatic carbocycles. The van der Waals surface area contributed by atoms with Gasteiger partial charge in [0.1, 0.15) is 0 Å². The molecule has 1 N–H and O–H groups in total. The van der Waals surface area contributed by atoms with Crippen LogP contribution in [0.1, 0.15) is 47.2 Å².